The van der Waals surface area contributed by atoms with Crippen molar-refractivity contribution in [1.82, 2.24) is 9.80 Å². The third-order valence-electron chi connectivity index (χ3n) is 4.35. The van der Waals surface area contributed by atoms with Crippen LogP contribution >= 0.6 is 23.2 Å². The summed E-state index contributed by atoms with van der Waals surface area (Å²) in [4.78, 5) is 16.5. The van der Waals surface area contributed by atoms with Gasteiger partial charge in [0, 0.05) is 43.4 Å². The predicted molar refractivity (Wildman–Crippen MR) is 105 cm³/mol. The number of carbonyl (C=O) groups excluding carboxylic acids is 1. The molecule has 2 aromatic carbocycles. The SMILES string of the molecule is Nc1ccc(OCC(=O)N2CCN(Cc3ccc(Cl)cc3)CC2)c(Cl)c1. The molecule has 2 aromatic rings. The van der Waals surface area contributed by atoms with Crippen molar-refractivity contribution >= 4 is 34.8 Å². The number of nitrogen functional groups attached to an aromatic ring is 1. The minimum Gasteiger partial charge on any atom is -0.482 e. The molecule has 1 aliphatic heterocycles. The van der Waals surface area contributed by atoms with Gasteiger partial charge in [-0.25, -0.2) is 0 Å². The highest BCUT2D eigenvalue weighted by Crippen LogP contribution is 2.26. The van der Waals surface area contributed by atoms with Gasteiger partial charge in [-0.2, -0.15) is 0 Å². The van der Waals surface area contributed by atoms with Crippen LogP contribution in [0.2, 0.25) is 10.0 Å². The van der Waals surface area contributed by atoms with E-state index in [9.17, 15) is 4.79 Å². The van der Waals surface area contributed by atoms with Gasteiger partial charge in [0.1, 0.15) is 5.75 Å². The van der Waals surface area contributed by atoms with Gasteiger partial charge in [-0.1, -0.05) is 35.3 Å². The molecule has 26 heavy (non-hydrogen) atoms. The van der Waals surface area contributed by atoms with E-state index in [1.807, 2.05) is 29.2 Å². The highest BCUT2D eigenvalue weighted by atomic mass is 35.5. The standard InChI is InChI=1S/C19H21Cl2N3O2/c20-15-3-1-14(2-4-15)12-23-7-9-24(10-8-23)19(25)13-26-18-6-5-16(22)11-17(18)21/h1-6,11H,7-10,12-13,22H2. The Hall–Kier alpha value is -1.95. The average Bonchev–Trinajstić information content (AvgIpc) is 2.63. The topological polar surface area (TPSA) is 58.8 Å². The second-order valence-corrected chi connectivity index (χ2v) is 7.11. The number of anilines is 1. The van der Waals surface area contributed by atoms with Crippen molar-refractivity contribution < 1.29 is 9.53 Å². The van der Waals surface area contributed by atoms with E-state index >= 15 is 0 Å². The number of hydrogen-bond donors (Lipinski definition) is 1. The van der Waals surface area contributed by atoms with E-state index in [0.717, 1.165) is 24.7 Å². The smallest absolute Gasteiger partial charge is 0.260 e. The van der Waals surface area contributed by atoms with Gasteiger partial charge in [0.25, 0.3) is 5.91 Å². The molecule has 3 rings (SSSR count). The molecule has 138 valence electrons. The number of rotatable bonds is 5. The third-order valence-corrected chi connectivity index (χ3v) is 4.90. The van der Waals surface area contributed by atoms with Crippen molar-refractivity contribution in [2.24, 2.45) is 0 Å². The molecule has 0 atom stereocenters. The lowest BCUT2D eigenvalue weighted by molar-refractivity contribution is -0.135. The highest BCUT2D eigenvalue weighted by molar-refractivity contribution is 6.32. The predicted octanol–water partition coefficient (Wildman–Crippen LogP) is 3.30. The van der Waals surface area contributed by atoms with Crippen molar-refractivity contribution in [3.05, 3.63) is 58.1 Å². The minimum atomic E-state index is -0.0379. The summed E-state index contributed by atoms with van der Waals surface area (Å²) < 4.78 is 5.54. The van der Waals surface area contributed by atoms with Crippen molar-refractivity contribution in [1.29, 1.82) is 0 Å². The van der Waals surface area contributed by atoms with Crippen molar-refractivity contribution in [2.75, 3.05) is 38.5 Å². The van der Waals surface area contributed by atoms with E-state index in [0.29, 0.717) is 29.5 Å². The zero-order chi connectivity index (χ0) is 18.5. The first-order valence-electron chi connectivity index (χ1n) is 8.43. The molecule has 0 unspecified atom stereocenters. The van der Waals surface area contributed by atoms with Crippen molar-refractivity contribution in [3.63, 3.8) is 0 Å². The Morgan fingerprint density at radius 3 is 2.38 bits per heavy atom. The second-order valence-electron chi connectivity index (χ2n) is 6.26. The maximum Gasteiger partial charge on any atom is 0.260 e. The van der Waals surface area contributed by atoms with Crippen LogP contribution in [0.1, 0.15) is 5.56 Å². The minimum absolute atomic E-state index is 0.0270. The second kappa shape index (κ2) is 8.62. The molecule has 7 heteroatoms. The van der Waals surface area contributed by atoms with E-state index in [-0.39, 0.29) is 12.5 Å². The molecule has 0 spiro atoms. The van der Waals surface area contributed by atoms with Crippen LogP contribution in [0.25, 0.3) is 0 Å². The third kappa shape index (κ3) is 5.04. The van der Waals surface area contributed by atoms with E-state index in [2.05, 4.69) is 4.90 Å². The van der Waals surface area contributed by atoms with Crippen LogP contribution < -0.4 is 10.5 Å². The maximum atomic E-state index is 12.4. The first-order chi connectivity index (χ1) is 12.5. The molecule has 1 heterocycles. The number of hydrogen-bond acceptors (Lipinski definition) is 4. The van der Waals surface area contributed by atoms with Gasteiger partial charge in [-0.15, -0.1) is 0 Å². The first kappa shape index (κ1) is 18.8. The molecule has 0 aliphatic carbocycles. The van der Waals surface area contributed by atoms with Gasteiger partial charge in [-0.3, -0.25) is 9.69 Å². The monoisotopic (exact) mass is 393 g/mol. The summed E-state index contributed by atoms with van der Waals surface area (Å²) in [5, 5.41) is 1.15. The maximum absolute atomic E-state index is 12.4. The summed E-state index contributed by atoms with van der Waals surface area (Å²) in [5.74, 6) is 0.430. The van der Waals surface area contributed by atoms with Gasteiger partial charge in [0.15, 0.2) is 6.61 Å². The number of carbonyl (C=O) groups is 1. The van der Waals surface area contributed by atoms with Crippen LogP contribution in [0.5, 0.6) is 5.75 Å². The Morgan fingerprint density at radius 2 is 1.73 bits per heavy atom. The van der Waals surface area contributed by atoms with Crippen molar-refractivity contribution in [3.8, 4) is 5.75 Å². The largest absolute Gasteiger partial charge is 0.482 e. The van der Waals surface area contributed by atoms with Crippen LogP contribution in [0.3, 0.4) is 0 Å². The lowest BCUT2D eigenvalue weighted by Crippen LogP contribution is -2.49. The van der Waals surface area contributed by atoms with Gasteiger partial charge in [0.2, 0.25) is 0 Å². The molecule has 0 radical (unpaired) electrons. The van der Waals surface area contributed by atoms with Gasteiger partial charge in [-0.05, 0) is 35.9 Å². The fourth-order valence-electron chi connectivity index (χ4n) is 2.87. The molecule has 0 saturated carbocycles. The molecule has 5 nitrogen and oxygen atoms in total. The zero-order valence-electron chi connectivity index (χ0n) is 14.3. The number of ether oxygens (including phenoxy) is 1. The number of amides is 1. The number of halogens is 2. The van der Waals surface area contributed by atoms with E-state index in [1.54, 1.807) is 18.2 Å². The van der Waals surface area contributed by atoms with Crippen LogP contribution in [-0.4, -0.2) is 48.5 Å². The van der Waals surface area contributed by atoms with E-state index < -0.39 is 0 Å². The summed E-state index contributed by atoms with van der Waals surface area (Å²) in [7, 11) is 0. The fourth-order valence-corrected chi connectivity index (χ4v) is 3.24. The van der Waals surface area contributed by atoms with Gasteiger partial charge < -0.3 is 15.4 Å². The number of piperazine rings is 1. The zero-order valence-corrected chi connectivity index (χ0v) is 15.8. The Kier molecular flexibility index (Phi) is 6.25. The fraction of sp³-hybridized carbons (Fsp3) is 0.316. The quantitative estimate of drug-likeness (QED) is 0.791. The molecule has 1 amide bonds. The Morgan fingerprint density at radius 1 is 1.04 bits per heavy atom. The van der Waals surface area contributed by atoms with E-state index in [4.69, 9.17) is 33.7 Å². The Bertz CT molecular complexity index is 760. The molecule has 1 aliphatic rings. The van der Waals surface area contributed by atoms with Crippen LogP contribution in [0.4, 0.5) is 5.69 Å². The Labute approximate surface area is 163 Å². The lowest BCUT2D eigenvalue weighted by atomic mass is 10.2. The molecular formula is C19H21Cl2N3O2. The summed E-state index contributed by atoms with van der Waals surface area (Å²) in [6.45, 7) is 3.86. The van der Waals surface area contributed by atoms with Gasteiger partial charge >= 0.3 is 0 Å². The molecule has 0 aromatic heterocycles. The summed E-state index contributed by atoms with van der Waals surface area (Å²) in [6, 6.07) is 12.8. The summed E-state index contributed by atoms with van der Waals surface area (Å²) >= 11 is 12.0. The summed E-state index contributed by atoms with van der Waals surface area (Å²) in [5.41, 5.74) is 7.43. The summed E-state index contributed by atoms with van der Waals surface area (Å²) in [6.07, 6.45) is 0. The van der Waals surface area contributed by atoms with E-state index in [1.165, 1.54) is 5.56 Å². The number of nitrogens with two attached hydrogens (primary N) is 1. The molecule has 0 bridgehead atoms. The highest BCUT2D eigenvalue weighted by Gasteiger charge is 2.21. The van der Waals surface area contributed by atoms with Crippen molar-refractivity contribution in [2.45, 2.75) is 6.54 Å². The van der Waals surface area contributed by atoms with Gasteiger partial charge in [0.05, 0.1) is 5.02 Å². The van der Waals surface area contributed by atoms with Crippen LogP contribution in [-0.2, 0) is 11.3 Å². The first-order valence-corrected chi connectivity index (χ1v) is 9.19. The normalized spacial score (nSPS) is 15.1. The number of benzene rings is 2. The Balaban J connectivity index is 1.45. The average molecular weight is 394 g/mol. The molecule has 2 N–H and O–H groups in total. The molecular weight excluding hydrogens is 373 g/mol. The lowest BCUT2D eigenvalue weighted by Gasteiger charge is -2.34. The molecule has 1 saturated heterocycles. The van der Waals surface area contributed by atoms with Crippen LogP contribution in [0, 0.1) is 0 Å². The molecule has 1 fully saturated rings. The number of nitrogens with zero attached hydrogens (tertiary/aromatic N) is 2. The van der Waals surface area contributed by atoms with Crippen LogP contribution in [0.15, 0.2) is 42.5 Å².